The Morgan fingerprint density at radius 2 is 1.30 bits per heavy atom. The smallest absolute Gasteiger partial charge is 0.357 e. The summed E-state index contributed by atoms with van der Waals surface area (Å²) in [4.78, 5) is 41.5. The maximum absolute atomic E-state index is 13.9. The number of benzene rings is 4. The Kier molecular flexibility index (Phi) is 6.28. The van der Waals surface area contributed by atoms with Gasteiger partial charge in [-0.25, -0.2) is 4.79 Å². The third-order valence-corrected chi connectivity index (χ3v) is 6.50. The first kappa shape index (κ1) is 23.9. The number of ketones is 1. The molecule has 0 aliphatic carbocycles. The maximum atomic E-state index is 13.9. The molecule has 0 fully saturated rings. The topological polar surface area (TPSA) is 63.7 Å². The second-order valence-electron chi connectivity index (χ2n) is 8.93. The molecular formula is C32H25NO4. The molecule has 0 N–H and O–H groups in total. The number of para-hydroxylation sites is 1. The van der Waals surface area contributed by atoms with Crippen molar-refractivity contribution >= 4 is 23.3 Å². The molecule has 1 heterocycles. The van der Waals surface area contributed by atoms with Gasteiger partial charge in [0.2, 0.25) is 5.91 Å². The Morgan fingerprint density at radius 3 is 1.86 bits per heavy atom. The number of carbonyl (C=O) groups excluding carboxylic acids is 3. The van der Waals surface area contributed by atoms with E-state index < -0.39 is 23.3 Å². The number of amides is 1. The molecule has 0 radical (unpaired) electrons. The zero-order valence-corrected chi connectivity index (χ0v) is 20.5. The molecule has 1 aliphatic rings. The number of allylic oxidation sites excluding steroid dienone is 1. The molecule has 0 spiro atoms. The van der Waals surface area contributed by atoms with Crippen LogP contribution in [0.2, 0.25) is 0 Å². The van der Waals surface area contributed by atoms with Crippen LogP contribution in [0.3, 0.4) is 0 Å². The van der Waals surface area contributed by atoms with Crippen LogP contribution in [0.15, 0.2) is 121 Å². The standard InChI is InChI=1S/C32H25NO4/c1-22-17-19-24(20-18-22)30(35)21-29-31(36)37-32(25-11-5-3-6-12-25,26-13-7-4-8-14-26)27-15-9-10-16-28(27)33(29)23(2)34/h3-21H,1-2H3. The van der Waals surface area contributed by atoms with Gasteiger partial charge in [-0.2, -0.15) is 0 Å². The monoisotopic (exact) mass is 487 g/mol. The lowest BCUT2D eigenvalue weighted by Gasteiger charge is -2.34. The van der Waals surface area contributed by atoms with Crippen LogP contribution < -0.4 is 4.90 Å². The number of hydrogen-bond acceptors (Lipinski definition) is 4. The van der Waals surface area contributed by atoms with Gasteiger partial charge in [0, 0.05) is 35.3 Å². The number of anilines is 1. The van der Waals surface area contributed by atoms with Gasteiger partial charge >= 0.3 is 5.97 Å². The van der Waals surface area contributed by atoms with E-state index in [-0.39, 0.29) is 5.70 Å². The zero-order valence-electron chi connectivity index (χ0n) is 20.5. The number of cyclic esters (lactones) is 1. The van der Waals surface area contributed by atoms with E-state index >= 15 is 0 Å². The summed E-state index contributed by atoms with van der Waals surface area (Å²) in [6, 6.07) is 33.1. The number of ether oxygens (including phenoxy) is 1. The molecule has 0 saturated carbocycles. The number of aryl methyl sites for hydroxylation is 1. The first-order chi connectivity index (χ1) is 17.9. The first-order valence-corrected chi connectivity index (χ1v) is 12.0. The van der Waals surface area contributed by atoms with Crippen LogP contribution in [0.5, 0.6) is 0 Å². The summed E-state index contributed by atoms with van der Waals surface area (Å²) < 4.78 is 6.39. The highest BCUT2D eigenvalue weighted by Crippen LogP contribution is 2.47. The quantitative estimate of drug-likeness (QED) is 0.202. The van der Waals surface area contributed by atoms with Gasteiger partial charge in [0.15, 0.2) is 11.4 Å². The lowest BCUT2D eigenvalue weighted by atomic mass is 9.79. The van der Waals surface area contributed by atoms with Crippen LogP contribution in [0, 0.1) is 6.92 Å². The summed E-state index contributed by atoms with van der Waals surface area (Å²) in [6.45, 7) is 3.29. The van der Waals surface area contributed by atoms with Crippen molar-refractivity contribution in [1.29, 1.82) is 0 Å². The average molecular weight is 488 g/mol. The van der Waals surface area contributed by atoms with Crippen molar-refractivity contribution < 1.29 is 19.1 Å². The van der Waals surface area contributed by atoms with Gasteiger partial charge in [-0.1, -0.05) is 109 Å². The van der Waals surface area contributed by atoms with Crippen LogP contribution in [-0.4, -0.2) is 17.7 Å². The summed E-state index contributed by atoms with van der Waals surface area (Å²) in [7, 11) is 0. The fourth-order valence-electron chi connectivity index (χ4n) is 4.76. The minimum atomic E-state index is -1.35. The summed E-state index contributed by atoms with van der Waals surface area (Å²) in [5, 5.41) is 0. The minimum absolute atomic E-state index is 0.140. The second-order valence-corrected chi connectivity index (χ2v) is 8.93. The van der Waals surface area contributed by atoms with Crippen LogP contribution in [0.1, 0.15) is 39.5 Å². The number of hydrogen-bond donors (Lipinski definition) is 0. The highest BCUT2D eigenvalue weighted by molar-refractivity contribution is 6.14. The largest absolute Gasteiger partial charge is 0.439 e. The summed E-state index contributed by atoms with van der Waals surface area (Å²) in [5.41, 5.74) is 2.44. The molecule has 5 nitrogen and oxygen atoms in total. The van der Waals surface area contributed by atoms with Gasteiger partial charge in [0.25, 0.3) is 0 Å². The molecule has 5 heteroatoms. The van der Waals surface area contributed by atoms with Gasteiger partial charge in [-0.15, -0.1) is 0 Å². The van der Waals surface area contributed by atoms with Gasteiger partial charge in [0.1, 0.15) is 5.70 Å². The fraction of sp³-hybridized carbons (Fsp3) is 0.0938. The van der Waals surface area contributed by atoms with Crippen molar-refractivity contribution in [2.45, 2.75) is 19.4 Å². The van der Waals surface area contributed by atoms with Crippen LogP contribution in [0.25, 0.3) is 0 Å². The average Bonchev–Trinajstić information content (AvgIpc) is 3.03. The van der Waals surface area contributed by atoms with Crippen molar-refractivity contribution in [3.05, 3.63) is 149 Å². The van der Waals surface area contributed by atoms with Gasteiger partial charge in [0.05, 0.1) is 5.69 Å². The van der Waals surface area contributed by atoms with Gasteiger partial charge < -0.3 is 4.74 Å². The lowest BCUT2D eigenvalue weighted by Crippen LogP contribution is -2.35. The summed E-state index contributed by atoms with van der Waals surface area (Å²) in [6.07, 6.45) is 1.19. The molecule has 0 bridgehead atoms. The Morgan fingerprint density at radius 1 is 0.757 bits per heavy atom. The maximum Gasteiger partial charge on any atom is 0.357 e. The van der Waals surface area contributed by atoms with Crippen LogP contribution in [-0.2, 0) is 19.9 Å². The zero-order chi connectivity index (χ0) is 26.0. The molecule has 4 aromatic rings. The molecular weight excluding hydrogens is 462 g/mol. The van der Waals surface area contributed by atoms with Crippen molar-refractivity contribution in [2.24, 2.45) is 0 Å². The van der Waals surface area contributed by atoms with E-state index in [0.29, 0.717) is 16.8 Å². The number of nitrogens with zero attached hydrogens (tertiary/aromatic N) is 1. The van der Waals surface area contributed by atoms with Crippen molar-refractivity contribution in [1.82, 2.24) is 0 Å². The highest BCUT2D eigenvalue weighted by atomic mass is 16.6. The van der Waals surface area contributed by atoms with E-state index in [0.717, 1.165) is 16.7 Å². The fourth-order valence-corrected chi connectivity index (χ4v) is 4.76. The van der Waals surface area contributed by atoms with Gasteiger partial charge in [-0.3, -0.25) is 14.5 Å². The number of carbonyl (C=O) groups is 3. The highest BCUT2D eigenvalue weighted by Gasteiger charge is 2.47. The van der Waals surface area contributed by atoms with E-state index in [1.807, 2.05) is 91.9 Å². The molecule has 1 aliphatic heterocycles. The molecule has 0 aromatic heterocycles. The SMILES string of the molecule is CC(=O)N1C(=CC(=O)c2ccc(C)cc2)C(=O)OC(c2ccccc2)(c2ccccc2)c2ccccc21. The van der Waals surface area contributed by atoms with Crippen molar-refractivity contribution in [2.75, 3.05) is 4.90 Å². The van der Waals surface area contributed by atoms with E-state index in [2.05, 4.69) is 0 Å². The lowest BCUT2D eigenvalue weighted by molar-refractivity contribution is -0.148. The normalized spacial score (nSPS) is 15.5. The number of rotatable bonds is 4. The Balaban J connectivity index is 1.79. The number of esters is 1. The minimum Gasteiger partial charge on any atom is -0.439 e. The van der Waals surface area contributed by atoms with Crippen molar-refractivity contribution in [3.63, 3.8) is 0 Å². The molecule has 4 aromatic carbocycles. The van der Waals surface area contributed by atoms with Crippen LogP contribution >= 0.6 is 0 Å². The third kappa shape index (κ3) is 4.25. The Bertz CT molecular complexity index is 1470. The molecule has 0 atom stereocenters. The number of fused-ring (bicyclic) bond motifs is 1. The predicted octanol–water partition coefficient (Wildman–Crippen LogP) is 5.96. The van der Waals surface area contributed by atoms with E-state index in [9.17, 15) is 14.4 Å². The molecule has 0 saturated heterocycles. The van der Waals surface area contributed by atoms with E-state index in [1.165, 1.54) is 17.9 Å². The molecule has 0 unspecified atom stereocenters. The van der Waals surface area contributed by atoms with E-state index in [4.69, 9.17) is 4.74 Å². The Hall–Kier alpha value is -4.77. The molecule has 5 rings (SSSR count). The molecule has 182 valence electrons. The predicted molar refractivity (Wildman–Crippen MR) is 142 cm³/mol. The first-order valence-electron chi connectivity index (χ1n) is 12.0. The molecule has 37 heavy (non-hydrogen) atoms. The third-order valence-electron chi connectivity index (χ3n) is 6.50. The van der Waals surface area contributed by atoms with Crippen molar-refractivity contribution in [3.8, 4) is 0 Å². The summed E-state index contributed by atoms with van der Waals surface area (Å²) >= 11 is 0. The molecule has 1 amide bonds. The second kappa shape index (κ2) is 9.70. The van der Waals surface area contributed by atoms with E-state index in [1.54, 1.807) is 24.3 Å². The Labute approximate surface area is 215 Å². The summed E-state index contributed by atoms with van der Waals surface area (Å²) in [5.74, 6) is -1.59. The van der Waals surface area contributed by atoms with Crippen LogP contribution in [0.4, 0.5) is 5.69 Å². The van der Waals surface area contributed by atoms with Gasteiger partial charge in [-0.05, 0) is 13.0 Å².